The van der Waals surface area contributed by atoms with E-state index in [0.717, 1.165) is 27.9 Å². The first-order valence-electron chi connectivity index (χ1n) is 10.1. The first-order valence-corrected chi connectivity index (χ1v) is 10.1. The summed E-state index contributed by atoms with van der Waals surface area (Å²) in [5, 5.41) is 12.4. The lowest BCUT2D eigenvalue weighted by Gasteiger charge is -2.25. The van der Waals surface area contributed by atoms with Crippen molar-refractivity contribution in [3.8, 4) is 22.4 Å². The van der Waals surface area contributed by atoms with Crippen molar-refractivity contribution in [3.05, 3.63) is 53.3 Å². The quantitative estimate of drug-likeness (QED) is 0.469. The molecule has 0 spiro atoms. The smallest absolute Gasteiger partial charge is 0.248 e. The highest BCUT2D eigenvalue weighted by Gasteiger charge is 2.22. The van der Waals surface area contributed by atoms with Gasteiger partial charge in [-0.1, -0.05) is 0 Å². The average Bonchev–Trinajstić information content (AvgIpc) is 3.31. The summed E-state index contributed by atoms with van der Waals surface area (Å²) >= 11 is 0. The maximum Gasteiger partial charge on any atom is 0.248 e. The zero-order valence-corrected chi connectivity index (χ0v) is 17.3. The predicted molar refractivity (Wildman–Crippen MR) is 115 cm³/mol. The second-order valence-electron chi connectivity index (χ2n) is 7.66. The van der Waals surface area contributed by atoms with Gasteiger partial charge in [0.15, 0.2) is 0 Å². The summed E-state index contributed by atoms with van der Waals surface area (Å²) in [6.07, 6.45) is 7.26. The van der Waals surface area contributed by atoms with E-state index in [0.29, 0.717) is 25.8 Å². The monoisotopic (exact) mass is 421 g/mol. The molecule has 10 heteroatoms. The molecule has 0 unspecified atom stereocenters. The summed E-state index contributed by atoms with van der Waals surface area (Å²) in [6, 6.07) is 5.74. The molecule has 5 rings (SSSR count). The van der Waals surface area contributed by atoms with E-state index in [1.807, 2.05) is 40.6 Å². The van der Waals surface area contributed by atoms with E-state index < -0.39 is 0 Å². The number of methoxy groups -OCH3 is 1. The number of hydrogen-bond acceptors (Lipinski definition) is 7. The zero-order valence-electron chi connectivity index (χ0n) is 17.3. The van der Waals surface area contributed by atoms with Gasteiger partial charge in [-0.2, -0.15) is 5.10 Å². The number of aromatic nitrogens is 6. The lowest BCUT2D eigenvalue weighted by atomic mass is 10.1. The minimum Gasteiger partial charge on any atom is -0.383 e. The maximum absolute atomic E-state index is 11.9. The summed E-state index contributed by atoms with van der Waals surface area (Å²) in [4.78, 5) is 19.1. The van der Waals surface area contributed by atoms with E-state index in [2.05, 4.69) is 20.4 Å². The van der Waals surface area contributed by atoms with Crippen LogP contribution >= 0.6 is 0 Å². The average molecular weight is 421 g/mol. The van der Waals surface area contributed by atoms with Crippen LogP contribution in [0.1, 0.15) is 13.0 Å². The Kier molecular flexibility index (Phi) is 5.00. The minimum atomic E-state index is -0.173. The number of anilines is 1. The molecule has 0 amide bonds. The van der Waals surface area contributed by atoms with Crippen LogP contribution in [0.4, 0.5) is 5.95 Å². The summed E-state index contributed by atoms with van der Waals surface area (Å²) in [5.74, 6) is 0.479. The van der Waals surface area contributed by atoms with Crippen LogP contribution in [0, 0.1) is 0 Å². The van der Waals surface area contributed by atoms with E-state index in [-0.39, 0.29) is 17.6 Å². The van der Waals surface area contributed by atoms with Crippen LogP contribution in [0.2, 0.25) is 0 Å². The molecule has 1 aliphatic rings. The third-order valence-corrected chi connectivity index (χ3v) is 5.29. The molecule has 4 aromatic rings. The second kappa shape index (κ2) is 7.97. The fourth-order valence-electron chi connectivity index (χ4n) is 3.66. The molecule has 1 aliphatic heterocycles. The van der Waals surface area contributed by atoms with Gasteiger partial charge < -0.3 is 19.8 Å². The molecule has 0 radical (unpaired) electrons. The minimum absolute atomic E-state index is 0.0448. The molecule has 31 heavy (non-hydrogen) atoms. The van der Waals surface area contributed by atoms with E-state index in [9.17, 15) is 4.79 Å². The molecule has 0 bridgehead atoms. The van der Waals surface area contributed by atoms with E-state index in [1.165, 1.54) is 0 Å². The van der Waals surface area contributed by atoms with Crippen molar-refractivity contribution in [2.24, 2.45) is 0 Å². The zero-order chi connectivity index (χ0) is 21.4. The van der Waals surface area contributed by atoms with Gasteiger partial charge in [0.05, 0.1) is 49.5 Å². The fourth-order valence-corrected chi connectivity index (χ4v) is 3.66. The van der Waals surface area contributed by atoms with Gasteiger partial charge in [0.1, 0.15) is 0 Å². The van der Waals surface area contributed by atoms with Crippen molar-refractivity contribution in [1.82, 2.24) is 29.4 Å². The normalized spacial score (nSPS) is 15.2. The summed E-state index contributed by atoms with van der Waals surface area (Å²) in [7, 11) is 1.65. The number of nitrogens with one attached hydrogen (secondary N) is 2. The van der Waals surface area contributed by atoms with E-state index in [1.54, 1.807) is 25.6 Å². The number of fused-ring (bicyclic) bond motifs is 1. The molecule has 1 fully saturated rings. The Labute approximate surface area is 177 Å². The van der Waals surface area contributed by atoms with Gasteiger partial charge >= 0.3 is 0 Å². The molecular formula is C21H23N7O3. The maximum atomic E-state index is 11.9. The second-order valence-corrected chi connectivity index (χ2v) is 7.66. The lowest BCUT2D eigenvalue weighted by molar-refractivity contribution is -0.0286. The van der Waals surface area contributed by atoms with Gasteiger partial charge in [-0.05, 0) is 19.1 Å². The fraction of sp³-hybridized carbons (Fsp3) is 0.333. The van der Waals surface area contributed by atoms with Crippen LogP contribution in [0.3, 0.4) is 0 Å². The number of pyridine rings is 1. The van der Waals surface area contributed by atoms with Gasteiger partial charge in [0.25, 0.3) is 0 Å². The number of nitrogens with zero attached hydrogens (tertiary/aromatic N) is 5. The largest absolute Gasteiger partial charge is 0.383 e. The van der Waals surface area contributed by atoms with Crippen LogP contribution < -0.4 is 10.9 Å². The summed E-state index contributed by atoms with van der Waals surface area (Å²) in [6.45, 7) is 3.87. The van der Waals surface area contributed by atoms with Gasteiger partial charge in [-0.3, -0.25) is 9.48 Å². The standard InChI is InChI=1S/C21H23N7O3/c1-13(10-30-2)25-21-23-8-19-17(15-7-24-27(9-15)16-11-31-12-16)6-18(28(19)26-21)14-3-4-22-20(29)5-14/h3-9,13,16H,10-12H2,1-2H3,(H,22,29)(H,25,26)/t13-/m0/s1. The van der Waals surface area contributed by atoms with Crippen molar-refractivity contribution < 1.29 is 9.47 Å². The number of hydrogen-bond donors (Lipinski definition) is 2. The Morgan fingerprint density at radius 1 is 1.32 bits per heavy atom. The number of H-pyrrole nitrogens is 1. The summed E-state index contributed by atoms with van der Waals surface area (Å²) < 4.78 is 14.2. The topological polar surface area (TPSA) is 111 Å². The Morgan fingerprint density at radius 2 is 2.19 bits per heavy atom. The van der Waals surface area contributed by atoms with Crippen molar-refractivity contribution in [3.63, 3.8) is 0 Å². The Morgan fingerprint density at radius 3 is 2.94 bits per heavy atom. The van der Waals surface area contributed by atoms with Crippen molar-refractivity contribution >= 4 is 11.5 Å². The highest BCUT2D eigenvalue weighted by Crippen LogP contribution is 2.33. The third-order valence-electron chi connectivity index (χ3n) is 5.29. The molecule has 0 saturated carbocycles. The van der Waals surface area contributed by atoms with Crippen LogP contribution in [0.25, 0.3) is 27.9 Å². The van der Waals surface area contributed by atoms with Gasteiger partial charge in [0.2, 0.25) is 11.5 Å². The first kappa shape index (κ1) is 19.5. The van der Waals surface area contributed by atoms with Gasteiger partial charge in [-0.15, -0.1) is 5.10 Å². The number of ether oxygens (including phenoxy) is 2. The Bertz CT molecular complexity index is 1270. The van der Waals surface area contributed by atoms with Crippen molar-refractivity contribution in [2.45, 2.75) is 19.0 Å². The molecule has 160 valence electrons. The van der Waals surface area contributed by atoms with Crippen LogP contribution in [-0.2, 0) is 9.47 Å². The van der Waals surface area contributed by atoms with Crippen LogP contribution in [-0.4, -0.2) is 62.3 Å². The predicted octanol–water partition coefficient (Wildman–Crippen LogP) is 1.97. The Balaban J connectivity index is 1.62. The van der Waals surface area contributed by atoms with Crippen molar-refractivity contribution in [2.75, 3.05) is 32.2 Å². The molecule has 10 nitrogen and oxygen atoms in total. The van der Waals surface area contributed by atoms with Crippen LogP contribution in [0.15, 0.2) is 47.8 Å². The molecular weight excluding hydrogens is 398 g/mol. The molecule has 1 saturated heterocycles. The van der Waals surface area contributed by atoms with Crippen molar-refractivity contribution in [1.29, 1.82) is 0 Å². The van der Waals surface area contributed by atoms with Gasteiger partial charge in [0, 0.05) is 48.3 Å². The molecule has 5 heterocycles. The molecule has 2 N–H and O–H groups in total. The highest BCUT2D eigenvalue weighted by molar-refractivity contribution is 5.85. The molecule has 4 aromatic heterocycles. The van der Waals surface area contributed by atoms with Gasteiger partial charge in [-0.25, -0.2) is 9.50 Å². The highest BCUT2D eigenvalue weighted by atomic mass is 16.5. The first-order chi connectivity index (χ1) is 15.1. The Hall–Kier alpha value is -3.50. The lowest BCUT2D eigenvalue weighted by Crippen LogP contribution is -2.30. The molecule has 0 aromatic carbocycles. The third kappa shape index (κ3) is 3.71. The number of rotatable bonds is 7. The summed E-state index contributed by atoms with van der Waals surface area (Å²) in [5.41, 5.74) is 4.11. The van der Waals surface area contributed by atoms with Crippen LogP contribution in [0.5, 0.6) is 0 Å². The molecule has 0 aliphatic carbocycles. The van der Waals surface area contributed by atoms with E-state index >= 15 is 0 Å². The SMILES string of the molecule is COC[C@H](C)Nc1ncc2c(-c3cnn(C4COC4)c3)cc(-c3cc[nH]c(=O)c3)n2n1. The number of aromatic amines is 1. The van der Waals surface area contributed by atoms with E-state index in [4.69, 9.17) is 14.6 Å². The molecule has 1 atom stereocenters.